The average Bonchev–Trinajstić information content (AvgIpc) is 3.20. The van der Waals surface area contributed by atoms with Crippen LogP contribution >= 0.6 is 0 Å². The van der Waals surface area contributed by atoms with Crippen molar-refractivity contribution in [2.75, 3.05) is 52.3 Å². The molecule has 0 spiro atoms. The first-order valence-corrected chi connectivity index (χ1v) is 11.2. The second-order valence-electron chi connectivity index (χ2n) is 8.12. The molecule has 0 aliphatic rings. The molecule has 2 amide bonds. The van der Waals surface area contributed by atoms with Gasteiger partial charge < -0.3 is 14.5 Å². The van der Waals surface area contributed by atoms with Crippen LogP contribution in [0.2, 0.25) is 0 Å². The summed E-state index contributed by atoms with van der Waals surface area (Å²) in [7, 11) is 5.69. The van der Waals surface area contributed by atoms with Gasteiger partial charge in [0, 0.05) is 32.9 Å². The molecule has 2 aromatic heterocycles. The van der Waals surface area contributed by atoms with Crippen LogP contribution in [0.4, 0.5) is 5.82 Å². The van der Waals surface area contributed by atoms with E-state index in [4.69, 9.17) is 4.74 Å². The van der Waals surface area contributed by atoms with Crippen LogP contribution in [0.15, 0.2) is 48.7 Å². The maximum atomic E-state index is 13.2. The van der Waals surface area contributed by atoms with Crippen LogP contribution in [-0.2, 0) is 11.2 Å². The van der Waals surface area contributed by atoms with Crippen molar-refractivity contribution in [1.82, 2.24) is 19.2 Å². The quantitative estimate of drug-likeness (QED) is 0.474. The number of nitrogens with zero attached hydrogens (tertiary/aromatic N) is 5. The number of para-hydroxylation sites is 1. The third-order valence-corrected chi connectivity index (χ3v) is 5.53. The number of imidazole rings is 1. The molecule has 8 nitrogen and oxygen atoms in total. The minimum absolute atomic E-state index is 0.0414. The summed E-state index contributed by atoms with van der Waals surface area (Å²) in [6.45, 7) is 5.93. The van der Waals surface area contributed by atoms with Crippen molar-refractivity contribution in [3.63, 3.8) is 0 Å². The topological polar surface area (TPSA) is 70.4 Å². The van der Waals surface area contributed by atoms with E-state index >= 15 is 0 Å². The van der Waals surface area contributed by atoms with Crippen LogP contribution < -0.4 is 9.64 Å². The van der Waals surface area contributed by atoms with Crippen molar-refractivity contribution in [2.45, 2.75) is 20.3 Å². The second kappa shape index (κ2) is 11.0. The number of ether oxygens (including phenoxy) is 1. The summed E-state index contributed by atoms with van der Waals surface area (Å²) >= 11 is 0. The predicted molar refractivity (Wildman–Crippen MR) is 130 cm³/mol. The highest BCUT2D eigenvalue weighted by Crippen LogP contribution is 2.24. The van der Waals surface area contributed by atoms with E-state index in [1.807, 2.05) is 73.6 Å². The predicted octanol–water partition coefficient (Wildman–Crippen LogP) is 2.96. The number of carbonyl (C=O) groups is 2. The second-order valence-corrected chi connectivity index (χ2v) is 8.12. The van der Waals surface area contributed by atoms with Gasteiger partial charge in [0.05, 0.1) is 11.3 Å². The van der Waals surface area contributed by atoms with Gasteiger partial charge in [-0.3, -0.25) is 18.9 Å². The van der Waals surface area contributed by atoms with Gasteiger partial charge >= 0.3 is 0 Å². The number of amides is 2. The lowest BCUT2D eigenvalue weighted by Crippen LogP contribution is -2.36. The lowest BCUT2D eigenvalue weighted by molar-refractivity contribution is -0.120. The highest BCUT2D eigenvalue weighted by atomic mass is 16.5. The normalized spacial score (nSPS) is 11.1. The zero-order valence-electron chi connectivity index (χ0n) is 20.1. The van der Waals surface area contributed by atoms with Crippen molar-refractivity contribution >= 4 is 23.3 Å². The maximum absolute atomic E-state index is 13.2. The Kier molecular flexibility index (Phi) is 8.06. The molecule has 0 saturated carbocycles. The molecular weight excluding hydrogens is 418 g/mol. The number of rotatable bonds is 10. The Morgan fingerprint density at radius 1 is 1.00 bits per heavy atom. The van der Waals surface area contributed by atoms with Gasteiger partial charge in [-0.15, -0.1) is 0 Å². The molecule has 0 unspecified atom stereocenters. The smallest absolute Gasteiger partial charge is 0.265 e. The molecule has 3 rings (SSSR count). The zero-order chi connectivity index (χ0) is 24.0. The molecule has 1 aromatic carbocycles. The third kappa shape index (κ3) is 5.70. The molecule has 0 radical (unpaired) electrons. The Hall–Kier alpha value is -3.39. The van der Waals surface area contributed by atoms with Gasteiger partial charge in [-0.05, 0) is 51.7 Å². The van der Waals surface area contributed by atoms with Gasteiger partial charge in [0.15, 0.2) is 6.61 Å². The summed E-state index contributed by atoms with van der Waals surface area (Å²) in [4.78, 5) is 36.2. The first-order chi connectivity index (χ1) is 15.8. The molecule has 0 saturated heterocycles. The monoisotopic (exact) mass is 451 g/mol. The van der Waals surface area contributed by atoms with Crippen molar-refractivity contribution in [2.24, 2.45) is 0 Å². The Balaban J connectivity index is 1.87. The molecule has 0 N–H and O–H groups in total. The van der Waals surface area contributed by atoms with Crippen LogP contribution in [-0.4, -0.2) is 78.4 Å². The summed E-state index contributed by atoms with van der Waals surface area (Å²) in [6, 6.07) is 12.9. The minimum Gasteiger partial charge on any atom is -0.484 e. The molecule has 8 heteroatoms. The third-order valence-electron chi connectivity index (χ3n) is 5.53. The molecule has 2 heterocycles. The summed E-state index contributed by atoms with van der Waals surface area (Å²) in [5.74, 6) is 1.05. The molecule has 176 valence electrons. The van der Waals surface area contributed by atoms with E-state index < -0.39 is 0 Å². The number of likely N-dealkylation sites (N-methyl/N-ethyl adjacent to an activating group) is 3. The fraction of sp³-hybridized carbons (Fsp3) is 0.400. The lowest BCUT2D eigenvalue weighted by atomic mass is 10.2. The van der Waals surface area contributed by atoms with Gasteiger partial charge in [0.1, 0.15) is 17.2 Å². The van der Waals surface area contributed by atoms with Gasteiger partial charge in [-0.2, -0.15) is 0 Å². The van der Waals surface area contributed by atoms with Gasteiger partial charge in [-0.1, -0.05) is 25.1 Å². The summed E-state index contributed by atoms with van der Waals surface area (Å²) in [6.07, 6.45) is 2.43. The molecule has 0 atom stereocenters. The summed E-state index contributed by atoms with van der Waals surface area (Å²) in [5.41, 5.74) is 2.04. The Labute approximate surface area is 195 Å². The van der Waals surface area contributed by atoms with Crippen molar-refractivity contribution in [1.29, 1.82) is 0 Å². The standard InChI is InChI=1S/C25H33N5O3/c1-6-21-24(28(5)23(31)18-33-20-11-9-8-10-12-20)30-17-19(13-14-22(30)26-21)25(32)29(7-2)16-15-27(3)4/h8-14,17H,6-7,15-16,18H2,1-5H3. The molecule has 0 bridgehead atoms. The number of hydrogen-bond donors (Lipinski definition) is 0. The number of anilines is 1. The van der Waals surface area contributed by atoms with E-state index in [1.165, 1.54) is 0 Å². The highest BCUT2D eigenvalue weighted by molar-refractivity contribution is 5.96. The Morgan fingerprint density at radius 2 is 1.73 bits per heavy atom. The Morgan fingerprint density at radius 3 is 2.36 bits per heavy atom. The van der Waals surface area contributed by atoms with E-state index in [0.29, 0.717) is 42.3 Å². The van der Waals surface area contributed by atoms with Crippen molar-refractivity contribution < 1.29 is 14.3 Å². The number of fused-ring (bicyclic) bond motifs is 1. The van der Waals surface area contributed by atoms with E-state index in [2.05, 4.69) is 9.88 Å². The average molecular weight is 452 g/mol. The van der Waals surface area contributed by atoms with E-state index in [-0.39, 0.29) is 18.4 Å². The van der Waals surface area contributed by atoms with Gasteiger partial charge in [0.2, 0.25) is 0 Å². The van der Waals surface area contributed by atoms with Crippen LogP contribution in [0.3, 0.4) is 0 Å². The van der Waals surface area contributed by atoms with Crippen molar-refractivity contribution in [3.8, 4) is 5.75 Å². The minimum atomic E-state index is -0.201. The maximum Gasteiger partial charge on any atom is 0.265 e. The fourth-order valence-electron chi connectivity index (χ4n) is 3.58. The van der Waals surface area contributed by atoms with Crippen molar-refractivity contribution in [3.05, 3.63) is 59.9 Å². The van der Waals surface area contributed by atoms with E-state index in [0.717, 1.165) is 12.2 Å². The summed E-state index contributed by atoms with van der Waals surface area (Å²) in [5, 5.41) is 0. The van der Waals surface area contributed by atoms with Crippen LogP contribution in [0, 0.1) is 0 Å². The Bertz CT molecular complexity index is 1090. The summed E-state index contributed by atoms with van der Waals surface area (Å²) < 4.78 is 7.47. The molecule has 0 aliphatic carbocycles. The molecule has 3 aromatic rings. The van der Waals surface area contributed by atoms with Crippen LogP contribution in [0.5, 0.6) is 5.75 Å². The van der Waals surface area contributed by atoms with Crippen LogP contribution in [0.25, 0.3) is 5.65 Å². The number of carbonyl (C=O) groups excluding carboxylic acids is 2. The largest absolute Gasteiger partial charge is 0.484 e. The van der Waals surface area contributed by atoms with Crippen LogP contribution in [0.1, 0.15) is 29.9 Å². The lowest BCUT2D eigenvalue weighted by Gasteiger charge is -2.23. The molecule has 33 heavy (non-hydrogen) atoms. The number of aromatic nitrogens is 2. The molecule has 0 aliphatic heterocycles. The van der Waals surface area contributed by atoms with E-state index in [1.54, 1.807) is 24.2 Å². The number of benzene rings is 1. The first-order valence-electron chi connectivity index (χ1n) is 11.2. The number of hydrogen-bond acceptors (Lipinski definition) is 5. The number of aryl methyl sites for hydroxylation is 1. The first kappa shape index (κ1) is 24.3. The van der Waals surface area contributed by atoms with E-state index in [9.17, 15) is 9.59 Å². The number of pyridine rings is 1. The molecule has 0 fully saturated rings. The zero-order valence-corrected chi connectivity index (χ0v) is 20.1. The van der Waals surface area contributed by atoms with Gasteiger partial charge in [0.25, 0.3) is 11.8 Å². The molecular formula is C25H33N5O3. The highest BCUT2D eigenvalue weighted by Gasteiger charge is 2.22. The SMILES string of the molecule is CCc1nc2ccc(C(=O)N(CC)CCN(C)C)cn2c1N(C)C(=O)COc1ccccc1. The fourth-order valence-corrected chi connectivity index (χ4v) is 3.58. The van der Waals surface area contributed by atoms with Gasteiger partial charge in [-0.25, -0.2) is 4.98 Å².